The summed E-state index contributed by atoms with van der Waals surface area (Å²) in [6.45, 7) is 10.7. The van der Waals surface area contributed by atoms with E-state index in [-0.39, 0.29) is 22.5 Å². The Morgan fingerprint density at radius 3 is 2.43 bits per heavy atom. The lowest BCUT2D eigenvalue weighted by atomic mass is 9.55. The fourth-order valence-corrected chi connectivity index (χ4v) is 3.84. The molecule has 0 spiro atoms. The van der Waals surface area contributed by atoms with E-state index in [1.54, 1.807) is 11.8 Å². The monoisotopic (exact) mass is 330 g/mol. The van der Waals surface area contributed by atoms with E-state index in [0.717, 1.165) is 5.75 Å². The summed E-state index contributed by atoms with van der Waals surface area (Å²) in [5.41, 5.74) is 1.92. The number of hydrogen-bond acceptors (Lipinski definition) is 3. The van der Waals surface area contributed by atoms with E-state index in [9.17, 15) is 9.59 Å². The summed E-state index contributed by atoms with van der Waals surface area (Å²) in [6.07, 6.45) is 0.312. The molecule has 1 heterocycles. The van der Waals surface area contributed by atoms with Gasteiger partial charge in [0.2, 0.25) is 11.8 Å². The topological polar surface area (TPSA) is 37.4 Å². The van der Waals surface area contributed by atoms with E-state index >= 15 is 0 Å². The molecule has 1 saturated heterocycles. The zero-order chi connectivity index (χ0) is 17.2. The van der Waals surface area contributed by atoms with Crippen LogP contribution in [0.4, 0.5) is 5.69 Å². The second-order valence-corrected chi connectivity index (χ2v) is 8.09. The highest BCUT2D eigenvalue weighted by atomic mass is 32.2. The lowest BCUT2D eigenvalue weighted by molar-refractivity contribution is -0.121. The number of benzene rings is 1. The normalized spacial score (nSPS) is 20.0. The predicted molar refractivity (Wildman–Crippen MR) is 99.5 cm³/mol. The van der Waals surface area contributed by atoms with E-state index in [1.807, 2.05) is 31.2 Å². The van der Waals surface area contributed by atoms with Crippen LogP contribution >= 0.6 is 11.8 Å². The highest BCUT2D eigenvalue weighted by Gasteiger charge is 2.39. The minimum absolute atomic E-state index is 0.0207. The number of thioether (sulfide) groups is 1. The van der Waals surface area contributed by atoms with Crippen LogP contribution in [0.5, 0.6) is 0 Å². The molecule has 0 bridgehead atoms. The number of imide groups is 1. The van der Waals surface area contributed by atoms with E-state index in [0.29, 0.717) is 17.9 Å². The smallest absolute Gasteiger partial charge is 0.247 e. The van der Waals surface area contributed by atoms with Crippen molar-refractivity contribution in [3.63, 3.8) is 0 Å². The Kier molecular flexibility index (Phi) is 5.61. The molecule has 3 nitrogen and oxygen atoms in total. The first kappa shape index (κ1) is 18.1. The summed E-state index contributed by atoms with van der Waals surface area (Å²) in [7, 11) is 2.20. The minimum Gasteiger partial charge on any atom is -0.274 e. The molecule has 2 atom stereocenters. The van der Waals surface area contributed by atoms with Crippen LogP contribution in [-0.2, 0) is 15.0 Å². The Hall–Kier alpha value is -1.23. The molecule has 5 heteroatoms. The van der Waals surface area contributed by atoms with Crippen LogP contribution in [0, 0.1) is 0 Å². The Morgan fingerprint density at radius 2 is 1.91 bits per heavy atom. The Morgan fingerprint density at radius 1 is 1.30 bits per heavy atom. The van der Waals surface area contributed by atoms with Gasteiger partial charge in [0.25, 0.3) is 0 Å². The van der Waals surface area contributed by atoms with Crippen LogP contribution in [0.1, 0.15) is 39.7 Å². The quantitative estimate of drug-likeness (QED) is 0.586. The Labute approximate surface area is 144 Å². The molecule has 1 radical (unpaired) electrons. The third-order valence-electron chi connectivity index (χ3n) is 4.98. The van der Waals surface area contributed by atoms with Gasteiger partial charge in [-0.2, -0.15) is 0 Å². The van der Waals surface area contributed by atoms with Crippen molar-refractivity contribution in [3.8, 4) is 0 Å². The molecule has 1 aliphatic heterocycles. The van der Waals surface area contributed by atoms with Crippen LogP contribution in [0.2, 0.25) is 12.6 Å². The molecule has 0 saturated carbocycles. The Bertz CT molecular complexity index is 585. The van der Waals surface area contributed by atoms with E-state index in [1.165, 1.54) is 10.5 Å². The molecular weight excluding hydrogens is 305 g/mol. The van der Waals surface area contributed by atoms with Crippen molar-refractivity contribution in [1.29, 1.82) is 0 Å². The van der Waals surface area contributed by atoms with Crippen molar-refractivity contribution in [2.75, 3.05) is 10.7 Å². The van der Waals surface area contributed by atoms with E-state index in [2.05, 4.69) is 34.9 Å². The number of carbonyl (C=O) groups excluding carboxylic acids is 2. The van der Waals surface area contributed by atoms with Gasteiger partial charge in [0.1, 0.15) is 7.28 Å². The van der Waals surface area contributed by atoms with Crippen molar-refractivity contribution in [2.24, 2.45) is 0 Å². The summed E-state index contributed by atoms with van der Waals surface area (Å²) in [5, 5.41) is -0.224. The molecule has 2 unspecified atom stereocenters. The largest absolute Gasteiger partial charge is 0.274 e. The van der Waals surface area contributed by atoms with Gasteiger partial charge in [-0.05, 0) is 28.9 Å². The number of rotatable bonds is 6. The number of hydrogen-bond donors (Lipinski definition) is 0. The van der Waals surface area contributed by atoms with Gasteiger partial charge >= 0.3 is 0 Å². The first-order chi connectivity index (χ1) is 10.8. The zero-order valence-corrected chi connectivity index (χ0v) is 15.4. The maximum Gasteiger partial charge on any atom is 0.247 e. The standard InChI is InChI=1S/C18H25BNO2S/c1-6-23-15-11-16(21)20(17(15)22)14-9-7-13(8-10-14)18(3,4)12(2)19-5/h7-10,12,15H,6,11H2,1-5H3. The predicted octanol–water partition coefficient (Wildman–Crippen LogP) is 3.91. The molecule has 1 aliphatic rings. The summed E-state index contributed by atoms with van der Waals surface area (Å²) >= 11 is 1.55. The van der Waals surface area contributed by atoms with Gasteiger partial charge in [0.15, 0.2) is 0 Å². The van der Waals surface area contributed by atoms with Gasteiger partial charge in [-0.1, -0.05) is 52.5 Å². The Balaban J connectivity index is 2.23. The lowest BCUT2D eigenvalue weighted by Gasteiger charge is -2.32. The van der Waals surface area contributed by atoms with Crippen LogP contribution in [0.3, 0.4) is 0 Å². The summed E-state index contributed by atoms with van der Waals surface area (Å²) < 4.78 is 0. The number of anilines is 1. The summed E-state index contributed by atoms with van der Waals surface area (Å²) in [5.74, 6) is 1.11. The van der Waals surface area contributed by atoms with E-state index < -0.39 is 0 Å². The van der Waals surface area contributed by atoms with Crippen LogP contribution in [-0.4, -0.2) is 30.1 Å². The van der Waals surface area contributed by atoms with Crippen LogP contribution in [0.15, 0.2) is 24.3 Å². The number of carbonyl (C=O) groups is 2. The first-order valence-corrected chi connectivity index (χ1v) is 9.26. The van der Waals surface area contributed by atoms with Gasteiger partial charge < -0.3 is 0 Å². The number of amides is 2. The molecule has 2 rings (SSSR count). The molecule has 1 aromatic rings. The second kappa shape index (κ2) is 7.12. The van der Waals surface area contributed by atoms with E-state index in [4.69, 9.17) is 0 Å². The van der Waals surface area contributed by atoms with Gasteiger partial charge in [-0.3, -0.25) is 9.59 Å². The molecule has 0 aromatic heterocycles. The lowest BCUT2D eigenvalue weighted by Crippen LogP contribution is -2.31. The first-order valence-electron chi connectivity index (χ1n) is 8.21. The van der Waals surface area contributed by atoms with Crippen molar-refractivity contribution >= 4 is 36.5 Å². The van der Waals surface area contributed by atoms with Gasteiger partial charge in [0.05, 0.1) is 10.9 Å². The molecule has 1 aromatic carbocycles. The van der Waals surface area contributed by atoms with Crippen molar-refractivity contribution in [2.45, 2.75) is 57.4 Å². The SMILES string of the molecule is C[B]C(C)C(C)(C)c1ccc(N2C(=O)CC(SCC)C2=O)cc1. The fraction of sp³-hybridized carbons (Fsp3) is 0.556. The van der Waals surface area contributed by atoms with Crippen LogP contribution in [0.25, 0.3) is 0 Å². The minimum atomic E-state index is -0.224. The highest BCUT2D eigenvalue weighted by molar-refractivity contribution is 8.00. The molecular formula is C18H25BNO2S. The summed E-state index contributed by atoms with van der Waals surface area (Å²) in [6, 6.07) is 7.87. The average molecular weight is 330 g/mol. The maximum atomic E-state index is 12.4. The highest BCUT2D eigenvalue weighted by Crippen LogP contribution is 2.36. The average Bonchev–Trinajstić information content (AvgIpc) is 2.81. The summed E-state index contributed by atoms with van der Waals surface area (Å²) in [4.78, 5) is 26.0. The third-order valence-corrected chi connectivity index (χ3v) is 6.08. The molecule has 0 N–H and O–H groups in total. The van der Waals surface area contributed by atoms with Crippen molar-refractivity contribution in [3.05, 3.63) is 29.8 Å². The van der Waals surface area contributed by atoms with Crippen LogP contribution < -0.4 is 4.90 Å². The van der Waals surface area contributed by atoms with Crippen molar-refractivity contribution < 1.29 is 9.59 Å². The molecule has 2 amide bonds. The van der Waals surface area contributed by atoms with Crippen molar-refractivity contribution in [1.82, 2.24) is 0 Å². The third kappa shape index (κ3) is 3.49. The fourth-order valence-electron chi connectivity index (χ4n) is 2.93. The molecule has 1 fully saturated rings. The van der Waals surface area contributed by atoms with Gasteiger partial charge in [-0.25, -0.2) is 4.90 Å². The molecule has 123 valence electrons. The zero-order valence-electron chi connectivity index (χ0n) is 14.6. The maximum absolute atomic E-state index is 12.4. The van der Waals surface area contributed by atoms with Gasteiger partial charge in [-0.15, -0.1) is 11.8 Å². The second-order valence-electron chi connectivity index (χ2n) is 6.61. The van der Waals surface area contributed by atoms with Gasteiger partial charge in [0, 0.05) is 6.42 Å². The molecule has 23 heavy (non-hydrogen) atoms. The molecule has 0 aliphatic carbocycles. The number of nitrogens with zero attached hydrogens (tertiary/aromatic N) is 1.